The van der Waals surface area contributed by atoms with Gasteiger partial charge in [-0.2, -0.15) is 0 Å². The van der Waals surface area contributed by atoms with Crippen molar-refractivity contribution in [2.24, 2.45) is 0 Å². The molecular weight excluding hydrogens is 343 g/mol. The van der Waals surface area contributed by atoms with Crippen LogP contribution in [0.2, 0.25) is 5.02 Å². The standard InChI is InChI=1S/C18H17ClN4.ClH/c19-12-5-6-15-11(9-12)7-8-23(15)18-16-13-3-1-2-4-14(13)22-17(16)20-10-21-18;/h5-6,9-10H,1-4,7-8H2,(H,20,21,22);1H. The number of rotatable bonds is 1. The molecule has 0 saturated carbocycles. The number of hydrogen-bond donors (Lipinski definition) is 1. The number of anilines is 2. The van der Waals surface area contributed by atoms with Gasteiger partial charge in [0.05, 0.1) is 5.39 Å². The van der Waals surface area contributed by atoms with Gasteiger partial charge in [-0.3, -0.25) is 0 Å². The van der Waals surface area contributed by atoms with E-state index in [-0.39, 0.29) is 12.4 Å². The van der Waals surface area contributed by atoms with E-state index < -0.39 is 0 Å². The number of aromatic amines is 1. The second-order valence-corrected chi connectivity index (χ2v) is 6.82. The van der Waals surface area contributed by atoms with E-state index in [2.05, 4.69) is 32.0 Å². The van der Waals surface area contributed by atoms with Gasteiger partial charge in [0.15, 0.2) is 0 Å². The highest BCUT2D eigenvalue weighted by molar-refractivity contribution is 6.30. The summed E-state index contributed by atoms with van der Waals surface area (Å²) in [4.78, 5) is 15.0. The molecule has 2 aromatic heterocycles. The number of hydrogen-bond acceptors (Lipinski definition) is 3. The molecular formula is C18H18Cl2N4. The van der Waals surface area contributed by atoms with Crippen LogP contribution in [0.3, 0.4) is 0 Å². The molecule has 4 nitrogen and oxygen atoms in total. The van der Waals surface area contributed by atoms with Gasteiger partial charge >= 0.3 is 0 Å². The van der Waals surface area contributed by atoms with Crippen molar-refractivity contribution in [2.45, 2.75) is 32.1 Å². The van der Waals surface area contributed by atoms with Gasteiger partial charge in [-0.25, -0.2) is 9.97 Å². The summed E-state index contributed by atoms with van der Waals surface area (Å²) in [5.74, 6) is 1.04. The van der Waals surface area contributed by atoms with E-state index in [4.69, 9.17) is 11.6 Å². The molecule has 0 radical (unpaired) electrons. The normalized spacial score (nSPS) is 16.0. The highest BCUT2D eigenvalue weighted by atomic mass is 35.5. The largest absolute Gasteiger partial charge is 0.343 e. The Bertz CT molecular complexity index is 919. The average Bonchev–Trinajstić information content (AvgIpc) is 3.15. The highest BCUT2D eigenvalue weighted by Crippen LogP contribution is 2.40. The van der Waals surface area contributed by atoms with Crippen LogP contribution in [0.5, 0.6) is 0 Å². The number of fused-ring (bicyclic) bond motifs is 4. The monoisotopic (exact) mass is 360 g/mol. The number of halogens is 2. The maximum Gasteiger partial charge on any atom is 0.146 e. The molecule has 0 amide bonds. The van der Waals surface area contributed by atoms with E-state index >= 15 is 0 Å². The molecule has 0 saturated heterocycles. The zero-order chi connectivity index (χ0) is 15.4. The topological polar surface area (TPSA) is 44.8 Å². The molecule has 0 atom stereocenters. The predicted molar refractivity (Wildman–Crippen MR) is 99.9 cm³/mol. The summed E-state index contributed by atoms with van der Waals surface area (Å²) in [5.41, 5.74) is 6.27. The van der Waals surface area contributed by atoms with Crippen LogP contribution >= 0.6 is 24.0 Å². The lowest BCUT2D eigenvalue weighted by Gasteiger charge is -2.20. The molecule has 0 unspecified atom stereocenters. The molecule has 5 rings (SSSR count). The zero-order valence-corrected chi connectivity index (χ0v) is 14.8. The van der Waals surface area contributed by atoms with Crippen molar-refractivity contribution in [3.05, 3.63) is 46.4 Å². The van der Waals surface area contributed by atoms with Crippen LogP contribution in [0, 0.1) is 0 Å². The molecule has 2 aliphatic rings. The summed E-state index contributed by atoms with van der Waals surface area (Å²) in [6.07, 6.45) is 7.43. The minimum atomic E-state index is 0. The summed E-state index contributed by atoms with van der Waals surface area (Å²) >= 11 is 6.14. The predicted octanol–water partition coefficient (Wildman–Crippen LogP) is 4.61. The Hall–Kier alpha value is -1.78. The van der Waals surface area contributed by atoms with Crippen LogP contribution in [-0.2, 0) is 19.3 Å². The lowest BCUT2D eigenvalue weighted by atomic mass is 9.96. The van der Waals surface area contributed by atoms with Crippen molar-refractivity contribution in [1.29, 1.82) is 0 Å². The quantitative estimate of drug-likeness (QED) is 0.689. The van der Waals surface area contributed by atoms with Crippen molar-refractivity contribution in [2.75, 3.05) is 11.4 Å². The van der Waals surface area contributed by atoms with E-state index in [0.29, 0.717) is 0 Å². The highest BCUT2D eigenvalue weighted by Gasteiger charge is 2.26. The second-order valence-electron chi connectivity index (χ2n) is 6.38. The number of nitrogens with one attached hydrogen (secondary N) is 1. The van der Waals surface area contributed by atoms with Crippen LogP contribution in [0.1, 0.15) is 29.7 Å². The van der Waals surface area contributed by atoms with Gasteiger partial charge in [0.2, 0.25) is 0 Å². The maximum atomic E-state index is 6.14. The van der Waals surface area contributed by atoms with E-state index in [1.807, 2.05) is 6.07 Å². The van der Waals surface area contributed by atoms with Crippen LogP contribution in [-0.4, -0.2) is 21.5 Å². The zero-order valence-electron chi connectivity index (χ0n) is 13.2. The van der Waals surface area contributed by atoms with Crippen molar-refractivity contribution in [1.82, 2.24) is 15.0 Å². The molecule has 1 aliphatic heterocycles. The van der Waals surface area contributed by atoms with Gasteiger partial charge in [0.1, 0.15) is 17.8 Å². The van der Waals surface area contributed by atoms with Gasteiger partial charge in [-0.1, -0.05) is 11.6 Å². The third-order valence-corrected chi connectivity index (χ3v) is 5.29. The van der Waals surface area contributed by atoms with Crippen molar-refractivity contribution in [3.8, 4) is 0 Å². The van der Waals surface area contributed by atoms with Crippen molar-refractivity contribution < 1.29 is 0 Å². The molecule has 1 aromatic carbocycles. The smallest absolute Gasteiger partial charge is 0.146 e. The first-order valence-electron chi connectivity index (χ1n) is 8.21. The Morgan fingerprint density at radius 3 is 2.88 bits per heavy atom. The molecule has 0 spiro atoms. The van der Waals surface area contributed by atoms with Gasteiger partial charge in [0.25, 0.3) is 0 Å². The van der Waals surface area contributed by atoms with E-state index in [9.17, 15) is 0 Å². The van der Waals surface area contributed by atoms with Crippen molar-refractivity contribution >= 4 is 46.5 Å². The fourth-order valence-electron chi connectivity index (χ4n) is 4.01. The second kappa shape index (κ2) is 5.94. The summed E-state index contributed by atoms with van der Waals surface area (Å²) in [6, 6.07) is 6.14. The molecule has 24 heavy (non-hydrogen) atoms. The Morgan fingerprint density at radius 2 is 1.96 bits per heavy atom. The number of aryl methyl sites for hydroxylation is 2. The third-order valence-electron chi connectivity index (χ3n) is 5.06. The third kappa shape index (κ3) is 2.28. The van der Waals surface area contributed by atoms with Crippen LogP contribution in [0.4, 0.5) is 11.5 Å². The number of nitrogens with zero attached hydrogens (tertiary/aromatic N) is 3. The molecule has 3 heterocycles. The maximum absolute atomic E-state index is 6.14. The van der Waals surface area contributed by atoms with Gasteiger partial charge < -0.3 is 9.88 Å². The minimum absolute atomic E-state index is 0. The fourth-order valence-corrected chi connectivity index (χ4v) is 4.20. The number of aromatic nitrogens is 3. The first-order valence-corrected chi connectivity index (χ1v) is 8.59. The first-order chi connectivity index (χ1) is 11.3. The average molecular weight is 361 g/mol. The molecule has 1 aliphatic carbocycles. The molecule has 1 N–H and O–H groups in total. The van der Waals surface area contributed by atoms with Gasteiger partial charge in [-0.15, -0.1) is 12.4 Å². The minimum Gasteiger partial charge on any atom is -0.343 e. The van der Waals surface area contributed by atoms with Crippen LogP contribution in [0.25, 0.3) is 11.0 Å². The van der Waals surface area contributed by atoms with Crippen LogP contribution in [0.15, 0.2) is 24.5 Å². The van der Waals surface area contributed by atoms with E-state index in [0.717, 1.165) is 42.3 Å². The Labute approximate surface area is 151 Å². The summed E-state index contributed by atoms with van der Waals surface area (Å²) in [7, 11) is 0. The Morgan fingerprint density at radius 1 is 1.08 bits per heavy atom. The Kier molecular flexibility index (Phi) is 3.89. The molecule has 124 valence electrons. The SMILES string of the molecule is Cl.Clc1ccc2c(c1)CCN2c1ncnc2[nH]c3c(c12)CCCC3. The van der Waals surface area contributed by atoms with E-state index in [1.165, 1.54) is 40.7 Å². The molecule has 6 heteroatoms. The summed E-state index contributed by atoms with van der Waals surface area (Å²) in [5, 5.41) is 2.02. The lowest BCUT2D eigenvalue weighted by Crippen LogP contribution is -2.15. The number of benzene rings is 1. The summed E-state index contributed by atoms with van der Waals surface area (Å²) < 4.78 is 0. The van der Waals surface area contributed by atoms with E-state index in [1.54, 1.807) is 6.33 Å². The first kappa shape index (κ1) is 15.7. The summed E-state index contributed by atoms with van der Waals surface area (Å²) in [6.45, 7) is 0.946. The van der Waals surface area contributed by atoms with Crippen molar-refractivity contribution in [3.63, 3.8) is 0 Å². The van der Waals surface area contributed by atoms with Crippen LogP contribution < -0.4 is 4.90 Å². The van der Waals surface area contributed by atoms with Gasteiger partial charge in [0, 0.05) is 22.9 Å². The molecule has 3 aromatic rings. The molecule has 0 bridgehead atoms. The molecule has 0 fully saturated rings. The number of H-pyrrole nitrogens is 1. The van der Waals surface area contributed by atoms with Gasteiger partial charge in [-0.05, 0) is 61.4 Å². The lowest BCUT2D eigenvalue weighted by molar-refractivity contribution is 0.679. The fraction of sp³-hybridized carbons (Fsp3) is 0.333. The Balaban J connectivity index is 0.00000146.